The molecule has 1 aliphatic heterocycles. The molecule has 1 fully saturated rings. The largest absolute Gasteiger partial charge is 0.496 e. The summed E-state index contributed by atoms with van der Waals surface area (Å²) in [5.74, 6) is 0.433. The Kier molecular flexibility index (Phi) is 13.3. The van der Waals surface area contributed by atoms with Gasteiger partial charge in [-0.3, -0.25) is 4.90 Å². The van der Waals surface area contributed by atoms with E-state index in [2.05, 4.69) is 31.8 Å². The number of aromatic nitrogens is 4. The van der Waals surface area contributed by atoms with Crippen LogP contribution in [0.3, 0.4) is 0 Å². The summed E-state index contributed by atoms with van der Waals surface area (Å²) in [6.45, 7) is 7.22. The van der Waals surface area contributed by atoms with Gasteiger partial charge in [0.05, 0.1) is 23.1 Å². The second kappa shape index (κ2) is 19.4. The molecule has 1 aliphatic rings. The smallest absolute Gasteiger partial charge is 0.345 e. The molecule has 7 aromatic rings. The summed E-state index contributed by atoms with van der Waals surface area (Å²) in [6.07, 6.45) is 3.09. The number of ether oxygens (including phenoxy) is 3. The summed E-state index contributed by atoms with van der Waals surface area (Å²) in [5, 5.41) is 11.7. The second-order valence-electron chi connectivity index (χ2n) is 15.2. The third-order valence-corrected chi connectivity index (χ3v) is 12.8. The highest BCUT2D eigenvalue weighted by molar-refractivity contribution is 7.22. The molecule has 0 amide bonds. The Hall–Kier alpha value is -5.99. The Bertz CT molecular complexity index is 2690. The normalized spacial score (nSPS) is 13.9. The molecule has 0 saturated carbocycles. The van der Waals surface area contributed by atoms with Gasteiger partial charge < -0.3 is 24.2 Å². The number of piperazine rings is 1. The van der Waals surface area contributed by atoms with Crippen LogP contribution in [0.4, 0.5) is 4.39 Å². The van der Waals surface area contributed by atoms with Crippen LogP contribution >= 0.6 is 22.9 Å². The van der Waals surface area contributed by atoms with Crippen molar-refractivity contribution in [3.63, 3.8) is 0 Å². The first-order valence-electron chi connectivity index (χ1n) is 20.4. The van der Waals surface area contributed by atoms with Crippen molar-refractivity contribution in [2.45, 2.75) is 32.3 Å². The number of hydrogen-bond acceptors (Lipinski definition) is 11. The van der Waals surface area contributed by atoms with Gasteiger partial charge in [0.25, 0.3) is 0 Å². The van der Waals surface area contributed by atoms with E-state index >= 15 is 0 Å². The summed E-state index contributed by atoms with van der Waals surface area (Å²) >= 11 is 8.45. The van der Waals surface area contributed by atoms with E-state index in [-0.39, 0.29) is 18.1 Å². The molecule has 1 atom stereocenters. The van der Waals surface area contributed by atoms with E-state index in [0.29, 0.717) is 57.6 Å². The van der Waals surface area contributed by atoms with Crippen molar-refractivity contribution in [3.8, 4) is 50.3 Å². The van der Waals surface area contributed by atoms with E-state index in [1.54, 1.807) is 25.4 Å². The maximum atomic E-state index is 14.2. The zero-order chi connectivity index (χ0) is 43.2. The number of carboxylic acids is 1. The van der Waals surface area contributed by atoms with Crippen LogP contribution in [0.2, 0.25) is 5.02 Å². The number of para-hydroxylation sites is 1. The summed E-state index contributed by atoms with van der Waals surface area (Å²) in [4.78, 5) is 37.6. The highest BCUT2D eigenvalue weighted by Crippen LogP contribution is 2.49. The molecule has 4 heterocycles. The van der Waals surface area contributed by atoms with Gasteiger partial charge >= 0.3 is 5.97 Å². The Morgan fingerprint density at radius 3 is 2.42 bits per heavy atom. The SMILES string of the molecule is COc1ccccc1-c1nccc(CCc2ccccc2C[C@@H](Oc2ncnc3sc(-c4ccc(F)cc4)c(-c4ccc(OCCN5CCN(C)CC5)c(Cl)c4C)c23)C(=O)O)n1. The number of carboxylic acid groups (broad SMARTS) is 1. The predicted molar refractivity (Wildman–Crippen MR) is 241 cm³/mol. The maximum absolute atomic E-state index is 14.2. The minimum absolute atomic E-state index is 0.0720. The molecular formula is C48H46ClFN6O5S. The zero-order valence-electron chi connectivity index (χ0n) is 34.7. The fourth-order valence-electron chi connectivity index (χ4n) is 7.73. The molecule has 318 valence electrons. The van der Waals surface area contributed by atoms with E-state index < -0.39 is 12.1 Å². The molecule has 0 unspecified atom stereocenters. The predicted octanol–water partition coefficient (Wildman–Crippen LogP) is 9.08. The molecule has 0 aliphatic carbocycles. The van der Waals surface area contributed by atoms with Crippen LogP contribution in [-0.2, 0) is 24.1 Å². The fraction of sp³-hybridized carbons (Fsp3) is 0.271. The zero-order valence-corrected chi connectivity index (χ0v) is 36.3. The summed E-state index contributed by atoms with van der Waals surface area (Å²) < 4.78 is 32.4. The average molecular weight is 873 g/mol. The highest BCUT2D eigenvalue weighted by Gasteiger charge is 2.28. The van der Waals surface area contributed by atoms with Crippen molar-refractivity contribution in [2.75, 3.05) is 53.5 Å². The van der Waals surface area contributed by atoms with Gasteiger partial charge in [0.1, 0.15) is 35.1 Å². The second-order valence-corrected chi connectivity index (χ2v) is 16.6. The number of likely N-dealkylation sites (N-methyl/N-ethyl adjacent to an activating group) is 1. The number of aryl methyl sites for hydroxylation is 2. The molecular weight excluding hydrogens is 827 g/mol. The highest BCUT2D eigenvalue weighted by atomic mass is 35.5. The Morgan fingerprint density at radius 2 is 1.65 bits per heavy atom. The monoisotopic (exact) mass is 872 g/mol. The summed E-state index contributed by atoms with van der Waals surface area (Å²) in [7, 11) is 3.75. The number of carbonyl (C=O) groups is 1. The molecule has 8 rings (SSSR count). The Labute approximate surface area is 368 Å². The van der Waals surface area contributed by atoms with E-state index in [1.165, 1.54) is 29.8 Å². The molecule has 0 bridgehead atoms. The van der Waals surface area contributed by atoms with Crippen LogP contribution in [0.1, 0.15) is 22.4 Å². The van der Waals surface area contributed by atoms with Crippen molar-refractivity contribution in [2.24, 2.45) is 0 Å². The molecule has 11 nitrogen and oxygen atoms in total. The van der Waals surface area contributed by atoms with E-state index in [9.17, 15) is 14.3 Å². The van der Waals surface area contributed by atoms with Crippen LogP contribution in [0.15, 0.2) is 104 Å². The molecule has 3 aromatic heterocycles. The quantitative estimate of drug-likeness (QED) is 0.100. The van der Waals surface area contributed by atoms with Crippen LogP contribution in [0, 0.1) is 12.7 Å². The van der Waals surface area contributed by atoms with Crippen molar-refractivity contribution >= 4 is 39.1 Å². The number of halogens is 2. The number of fused-ring (bicyclic) bond motifs is 1. The first kappa shape index (κ1) is 42.7. The maximum Gasteiger partial charge on any atom is 0.345 e. The lowest BCUT2D eigenvalue weighted by atomic mass is 9.95. The Morgan fingerprint density at radius 1 is 0.887 bits per heavy atom. The first-order chi connectivity index (χ1) is 30.2. The molecule has 1 saturated heterocycles. The number of methoxy groups -OCH3 is 1. The number of benzene rings is 4. The van der Waals surface area contributed by atoms with Crippen LogP contribution < -0.4 is 14.2 Å². The minimum Gasteiger partial charge on any atom is -0.496 e. The number of nitrogens with zero attached hydrogens (tertiary/aromatic N) is 6. The van der Waals surface area contributed by atoms with E-state index in [1.807, 2.05) is 73.7 Å². The lowest BCUT2D eigenvalue weighted by molar-refractivity contribution is -0.145. The van der Waals surface area contributed by atoms with Crippen LogP contribution in [-0.4, -0.2) is 100 Å². The van der Waals surface area contributed by atoms with E-state index in [4.69, 9.17) is 30.8 Å². The van der Waals surface area contributed by atoms with Gasteiger partial charge in [0, 0.05) is 61.5 Å². The summed E-state index contributed by atoms with van der Waals surface area (Å²) in [6, 6.07) is 27.3. The third kappa shape index (κ3) is 9.56. The van der Waals surface area contributed by atoms with Crippen LogP contribution in [0.25, 0.3) is 43.2 Å². The van der Waals surface area contributed by atoms with Crippen molar-refractivity contribution in [1.82, 2.24) is 29.7 Å². The van der Waals surface area contributed by atoms with Gasteiger partial charge in [0.2, 0.25) is 12.0 Å². The van der Waals surface area contributed by atoms with Crippen molar-refractivity contribution in [3.05, 3.63) is 137 Å². The average Bonchev–Trinajstić information content (AvgIpc) is 3.68. The van der Waals surface area contributed by atoms with Crippen molar-refractivity contribution in [1.29, 1.82) is 0 Å². The van der Waals surface area contributed by atoms with Gasteiger partial charge in [-0.1, -0.05) is 66.2 Å². The lowest BCUT2D eigenvalue weighted by Gasteiger charge is -2.32. The van der Waals surface area contributed by atoms with Gasteiger partial charge in [-0.25, -0.2) is 29.1 Å². The van der Waals surface area contributed by atoms with Gasteiger partial charge in [-0.05, 0) is 91.0 Å². The number of aliphatic carboxylic acids is 1. The molecule has 1 N–H and O–H groups in total. The summed E-state index contributed by atoms with van der Waals surface area (Å²) in [5.41, 5.74) is 6.41. The van der Waals surface area contributed by atoms with Gasteiger partial charge in [-0.2, -0.15) is 0 Å². The molecule has 4 aromatic carbocycles. The number of rotatable bonds is 16. The number of hydrogen-bond donors (Lipinski definition) is 1. The fourth-order valence-corrected chi connectivity index (χ4v) is 9.10. The minimum atomic E-state index is -1.30. The number of thiophene rings is 1. The molecule has 14 heteroatoms. The molecule has 0 radical (unpaired) electrons. The topological polar surface area (TPSA) is 123 Å². The first-order valence-corrected chi connectivity index (χ1v) is 21.6. The Balaban J connectivity index is 1.08. The molecule has 62 heavy (non-hydrogen) atoms. The van der Waals surface area contributed by atoms with Gasteiger partial charge in [-0.15, -0.1) is 11.3 Å². The lowest BCUT2D eigenvalue weighted by Crippen LogP contribution is -2.45. The molecule has 0 spiro atoms. The third-order valence-electron chi connectivity index (χ3n) is 11.2. The van der Waals surface area contributed by atoms with Crippen LogP contribution in [0.5, 0.6) is 17.4 Å². The van der Waals surface area contributed by atoms with Crippen molar-refractivity contribution < 1.29 is 28.5 Å². The van der Waals surface area contributed by atoms with E-state index in [0.717, 1.165) is 76.7 Å². The standard InChI is InChI=1S/C48H46ClFN6O5S/c1-30-36(18-19-39(43(30)49)60-27-26-56-24-22-55(2)23-25-56)41-42-46(52-29-53-47(42)62-44(41)32-12-15-34(50)16-13-32)61-40(48(57)58)28-33-9-5-4-8-31(33)14-17-35-20-21-51-45(54-35)37-10-6-7-11-38(37)59-3/h4-13,15-16,18-21,29,40H,14,17,22-28H2,1-3H3,(H,57,58)/t40-/m1/s1. The van der Waals surface area contributed by atoms with Gasteiger partial charge in [0.15, 0.2) is 5.82 Å².